The first-order chi connectivity index (χ1) is 14.2. The van der Waals surface area contributed by atoms with E-state index >= 15 is 0 Å². The van der Waals surface area contributed by atoms with E-state index in [0.717, 1.165) is 11.3 Å². The summed E-state index contributed by atoms with van der Waals surface area (Å²) in [6.45, 7) is 4.14. The Balaban J connectivity index is 1.73. The van der Waals surface area contributed by atoms with Crippen LogP contribution in [0.2, 0.25) is 0 Å². The second kappa shape index (κ2) is 8.54. The molecule has 1 aliphatic heterocycles. The van der Waals surface area contributed by atoms with Gasteiger partial charge in [-0.25, -0.2) is 14.5 Å². The summed E-state index contributed by atoms with van der Waals surface area (Å²) in [4.78, 5) is 31.0. The van der Waals surface area contributed by atoms with Crippen LogP contribution in [-0.2, 0) is 9.47 Å². The van der Waals surface area contributed by atoms with Gasteiger partial charge in [-0.3, -0.25) is 4.79 Å². The molecule has 0 aliphatic carbocycles. The fourth-order valence-corrected chi connectivity index (χ4v) is 3.79. The zero-order valence-corrected chi connectivity index (χ0v) is 16.7. The first-order valence-corrected chi connectivity index (χ1v) is 10.2. The van der Waals surface area contributed by atoms with E-state index in [-0.39, 0.29) is 18.2 Å². The van der Waals surface area contributed by atoms with Crippen molar-refractivity contribution in [1.82, 2.24) is 19.7 Å². The van der Waals surface area contributed by atoms with Crippen LogP contribution in [0.15, 0.2) is 41.8 Å². The van der Waals surface area contributed by atoms with Gasteiger partial charge in [0.1, 0.15) is 0 Å². The molecule has 0 N–H and O–H groups in total. The van der Waals surface area contributed by atoms with Crippen molar-refractivity contribution in [2.75, 3.05) is 32.9 Å². The van der Waals surface area contributed by atoms with Crippen LogP contribution in [0.5, 0.6) is 0 Å². The Labute approximate surface area is 171 Å². The van der Waals surface area contributed by atoms with Crippen molar-refractivity contribution < 1.29 is 19.1 Å². The van der Waals surface area contributed by atoms with Crippen LogP contribution in [0.3, 0.4) is 0 Å². The van der Waals surface area contributed by atoms with E-state index in [0.29, 0.717) is 37.1 Å². The van der Waals surface area contributed by atoms with Gasteiger partial charge in [0, 0.05) is 24.0 Å². The molecule has 9 heteroatoms. The Morgan fingerprint density at radius 3 is 2.66 bits per heavy atom. The van der Waals surface area contributed by atoms with Crippen LogP contribution in [-0.4, -0.2) is 64.5 Å². The number of hydrogen-bond donors (Lipinski definition) is 0. The number of nitrogens with zero attached hydrogens (tertiary/aromatic N) is 4. The predicted molar refractivity (Wildman–Crippen MR) is 107 cm³/mol. The summed E-state index contributed by atoms with van der Waals surface area (Å²) >= 11 is 1.27. The molecule has 8 nitrogen and oxygen atoms in total. The van der Waals surface area contributed by atoms with Gasteiger partial charge in [0.25, 0.3) is 5.91 Å². The van der Waals surface area contributed by atoms with Gasteiger partial charge in [0.05, 0.1) is 25.5 Å². The van der Waals surface area contributed by atoms with Gasteiger partial charge in [-0.05, 0) is 13.0 Å². The second-order valence-electron chi connectivity index (χ2n) is 6.33. The minimum absolute atomic E-state index is 0.147. The van der Waals surface area contributed by atoms with Crippen molar-refractivity contribution in [2.24, 2.45) is 0 Å². The SMILES string of the molecule is CCOC(=O)c1csc(-n2nc(C(=O)N3CCOCC3)cc2-c2ccccc2)n1. The van der Waals surface area contributed by atoms with Gasteiger partial charge in [-0.1, -0.05) is 30.3 Å². The molecule has 3 aromatic rings. The highest BCUT2D eigenvalue weighted by Crippen LogP contribution is 2.26. The maximum Gasteiger partial charge on any atom is 0.357 e. The van der Waals surface area contributed by atoms with Gasteiger partial charge in [-0.2, -0.15) is 5.10 Å². The Morgan fingerprint density at radius 2 is 1.93 bits per heavy atom. The Morgan fingerprint density at radius 1 is 1.17 bits per heavy atom. The molecular weight excluding hydrogens is 392 g/mol. The van der Waals surface area contributed by atoms with Gasteiger partial charge in [0.15, 0.2) is 11.4 Å². The normalized spacial score (nSPS) is 14.0. The van der Waals surface area contributed by atoms with Crippen molar-refractivity contribution in [2.45, 2.75) is 6.92 Å². The molecule has 1 fully saturated rings. The fraction of sp³-hybridized carbons (Fsp3) is 0.300. The van der Waals surface area contributed by atoms with E-state index in [1.54, 1.807) is 28.0 Å². The quantitative estimate of drug-likeness (QED) is 0.599. The van der Waals surface area contributed by atoms with Crippen molar-refractivity contribution in [3.8, 4) is 16.4 Å². The number of ether oxygens (including phenoxy) is 2. The number of esters is 1. The van der Waals surface area contributed by atoms with Gasteiger partial charge in [0.2, 0.25) is 5.13 Å². The molecule has 150 valence electrons. The topological polar surface area (TPSA) is 86.6 Å². The third-order valence-corrected chi connectivity index (χ3v) is 5.27. The summed E-state index contributed by atoms with van der Waals surface area (Å²) in [5.74, 6) is -0.626. The van der Waals surface area contributed by atoms with Crippen molar-refractivity contribution in [3.05, 3.63) is 53.2 Å². The smallest absolute Gasteiger partial charge is 0.357 e. The first kappa shape index (κ1) is 19.3. The standard InChI is InChI=1S/C20H20N4O4S/c1-2-28-19(26)16-13-29-20(21-16)24-17(14-6-4-3-5-7-14)12-15(22-24)18(25)23-8-10-27-11-9-23/h3-7,12-13H,2,8-11H2,1H3. The van der Waals surface area contributed by atoms with E-state index < -0.39 is 5.97 Å². The Hall–Kier alpha value is -3.04. The minimum Gasteiger partial charge on any atom is -0.461 e. The van der Waals surface area contributed by atoms with Crippen LogP contribution in [0.1, 0.15) is 27.9 Å². The number of carbonyl (C=O) groups is 2. The Kier molecular flexibility index (Phi) is 5.68. The highest BCUT2D eigenvalue weighted by atomic mass is 32.1. The lowest BCUT2D eigenvalue weighted by Crippen LogP contribution is -2.40. The molecule has 1 aliphatic rings. The van der Waals surface area contributed by atoms with E-state index in [1.165, 1.54) is 11.3 Å². The highest BCUT2D eigenvalue weighted by molar-refractivity contribution is 7.12. The number of carbonyl (C=O) groups excluding carboxylic acids is 2. The van der Waals surface area contributed by atoms with Crippen molar-refractivity contribution in [3.63, 3.8) is 0 Å². The summed E-state index contributed by atoms with van der Waals surface area (Å²) in [5.41, 5.74) is 2.18. The molecule has 1 saturated heterocycles. The zero-order valence-electron chi connectivity index (χ0n) is 15.9. The number of amides is 1. The molecule has 0 radical (unpaired) electrons. The summed E-state index contributed by atoms with van der Waals surface area (Å²) in [6, 6.07) is 11.4. The largest absolute Gasteiger partial charge is 0.461 e. The molecule has 0 bridgehead atoms. The van der Waals surface area contributed by atoms with E-state index in [2.05, 4.69) is 10.1 Å². The lowest BCUT2D eigenvalue weighted by molar-refractivity contribution is 0.0298. The van der Waals surface area contributed by atoms with Gasteiger partial charge >= 0.3 is 5.97 Å². The molecule has 29 heavy (non-hydrogen) atoms. The third kappa shape index (κ3) is 4.06. The number of aromatic nitrogens is 3. The maximum atomic E-state index is 12.9. The molecule has 0 unspecified atom stereocenters. The third-order valence-electron chi connectivity index (χ3n) is 4.45. The average molecular weight is 412 g/mol. The van der Waals surface area contributed by atoms with Crippen LogP contribution in [0.25, 0.3) is 16.4 Å². The van der Waals surface area contributed by atoms with E-state index in [1.807, 2.05) is 30.3 Å². The van der Waals surface area contributed by atoms with Crippen LogP contribution < -0.4 is 0 Å². The van der Waals surface area contributed by atoms with E-state index in [4.69, 9.17) is 9.47 Å². The number of thiazole rings is 1. The second-order valence-corrected chi connectivity index (χ2v) is 7.17. The molecule has 0 saturated carbocycles. The van der Waals surface area contributed by atoms with E-state index in [9.17, 15) is 9.59 Å². The molecule has 4 rings (SSSR count). The van der Waals surface area contributed by atoms with Crippen LogP contribution in [0, 0.1) is 0 Å². The molecule has 3 heterocycles. The van der Waals surface area contributed by atoms with Crippen molar-refractivity contribution >= 4 is 23.2 Å². The van der Waals surface area contributed by atoms with Crippen LogP contribution >= 0.6 is 11.3 Å². The highest BCUT2D eigenvalue weighted by Gasteiger charge is 2.24. The molecule has 0 atom stereocenters. The molecule has 1 aromatic carbocycles. The Bertz CT molecular complexity index is 1010. The lowest BCUT2D eigenvalue weighted by Gasteiger charge is -2.25. The molecule has 2 aromatic heterocycles. The molecule has 1 amide bonds. The van der Waals surface area contributed by atoms with Gasteiger partial charge in [-0.15, -0.1) is 11.3 Å². The number of rotatable bonds is 5. The first-order valence-electron chi connectivity index (χ1n) is 9.33. The monoisotopic (exact) mass is 412 g/mol. The fourth-order valence-electron chi connectivity index (χ4n) is 3.03. The number of benzene rings is 1. The summed E-state index contributed by atoms with van der Waals surface area (Å²) in [5, 5.41) is 6.66. The average Bonchev–Trinajstić information content (AvgIpc) is 3.42. The summed E-state index contributed by atoms with van der Waals surface area (Å²) in [7, 11) is 0. The number of morpholine rings is 1. The zero-order chi connectivity index (χ0) is 20.2. The molecule has 0 spiro atoms. The summed E-state index contributed by atoms with van der Waals surface area (Å²) < 4.78 is 12.0. The molecular formula is C20H20N4O4S. The van der Waals surface area contributed by atoms with Crippen LogP contribution in [0.4, 0.5) is 0 Å². The van der Waals surface area contributed by atoms with Gasteiger partial charge < -0.3 is 14.4 Å². The number of hydrogen-bond acceptors (Lipinski definition) is 7. The lowest BCUT2D eigenvalue weighted by atomic mass is 10.1. The minimum atomic E-state index is -0.479. The van der Waals surface area contributed by atoms with Crippen molar-refractivity contribution in [1.29, 1.82) is 0 Å². The summed E-state index contributed by atoms with van der Waals surface area (Å²) in [6.07, 6.45) is 0. The maximum absolute atomic E-state index is 12.9. The predicted octanol–water partition coefficient (Wildman–Crippen LogP) is 2.64.